The third-order valence-electron chi connectivity index (χ3n) is 2.88. The standard InChI is InChI=1S/C13H13ClO4/c1-7(13(15)16)5-8-6-10(17-2)12-9(11(8)14)3-4-18-12/h3-4,6-7H,5H2,1-2H3,(H,15,16). The summed E-state index contributed by atoms with van der Waals surface area (Å²) in [6, 6.07) is 3.47. The molecule has 2 aromatic rings. The summed E-state index contributed by atoms with van der Waals surface area (Å²) in [7, 11) is 1.54. The van der Waals surface area contributed by atoms with E-state index in [2.05, 4.69) is 0 Å². The second kappa shape index (κ2) is 4.90. The summed E-state index contributed by atoms with van der Waals surface area (Å²) >= 11 is 6.25. The Kier molecular flexibility index (Phi) is 3.48. The van der Waals surface area contributed by atoms with E-state index >= 15 is 0 Å². The number of carboxylic acids is 1. The fourth-order valence-electron chi connectivity index (χ4n) is 1.85. The van der Waals surface area contributed by atoms with E-state index in [9.17, 15) is 4.79 Å². The highest BCUT2D eigenvalue weighted by Gasteiger charge is 2.18. The van der Waals surface area contributed by atoms with Gasteiger partial charge in [-0.2, -0.15) is 0 Å². The van der Waals surface area contributed by atoms with Gasteiger partial charge in [0.15, 0.2) is 11.3 Å². The van der Waals surface area contributed by atoms with Crippen LogP contribution in [0.15, 0.2) is 22.8 Å². The first-order valence-corrected chi connectivity index (χ1v) is 5.87. The van der Waals surface area contributed by atoms with Gasteiger partial charge in [-0.05, 0) is 24.1 Å². The van der Waals surface area contributed by atoms with Crippen LogP contribution in [0, 0.1) is 5.92 Å². The SMILES string of the molecule is COc1cc(CC(C)C(=O)O)c(Cl)c2ccoc12. The molecule has 0 amide bonds. The lowest BCUT2D eigenvalue weighted by Gasteiger charge is -2.11. The molecule has 5 heteroatoms. The maximum Gasteiger partial charge on any atom is 0.306 e. The maximum atomic E-state index is 10.9. The van der Waals surface area contributed by atoms with Gasteiger partial charge in [-0.25, -0.2) is 0 Å². The van der Waals surface area contributed by atoms with Gasteiger partial charge in [0, 0.05) is 5.39 Å². The number of furan rings is 1. The van der Waals surface area contributed by atoms with E-state index < -0.39 is 11.9 Å². The third-order valence-corrected chi connectivity index (χ3v) is 3.33. The van der Waals surface area contributed by atoms with E-state index in [1.165, 1.54) is 13.4 Å². The molecule has 96 valence electrons. The van der Waals surface area contributed by atoms with Crippen LogP contribution >= 0.6 is 11.6 Å². The van der Waals surface area contributed by atoms with Crippen LogP contribution in [0.3, 0.4) is 0 Å². The zero-order valence-corrected chi connectivity index (χ0v) is 10.8. The minimum atomic E-state index is -0.850. The largest absolute Gasteiger partial charge is 0.493 e. The van der Waals surface area contributed by atoms with Gasteiger partial charge in [0.05, 0.1) is 24.3 Å². The molecule has 0 aliphatic carbocycles. The number of benzene rings is 1. The van der Waals surface area contributed by atoms with E-state index in [0.29, 0.717) is 22.8 Å². The topological polar surface area (TPSA) is 59.7 Å². The monoisotopic (exact) mass is 268 g/mol. The van der Waals surface area contributed by atoms with Crippen LogP contribution in [0.4, 0.5) is 0 Å². The first-order valence-electron chi connectivity index (χ1n) is 5.50. The molecule has 0 saturated carbocycles. The molecule has 1 unspecified atom stereocenters. The summed E-state index contributed by atoms with van der Waals surface area (Å²) in [6.45, 7) is 1.64. The molecule has 0 fully saturated rings. The first-order chi connectivity index (χ1) is 8.54. The summed E-state index contributed by atoms with van der Waals surface area (Å²) in [5.74, 6) is -0.791. The van der Waals surface area contributed by atoms with Crippen LogP contribution < -0.4 is 4.74 Å². The maximum absolute atomic E-state index is 10.9. The molecule has 0 radical (unpaired) electrons. The van der Waals surface area contributed by atoms with E-state index in [1.54, 1.807) is 19.1 Å². The molecular weight excluding hydrogens is 256 g/mol. The minimum Gasteiger partial charge on any atom is -0.493 e. The van der Waals surface area contributed by atoms with Crippen molar-refractivity contribution in [3.8, 4) is 5.75 Å². The van der Waals surface area contributed by atoms with Crippen molar-refractivity contribution in [3.63, 3.8) is 0 Å². The average Bonchev–Trinajstić information content (AvgIpc) is 2.82. The highest BCUT2D eigenvalue weighted by molar-refractivity contribution is 6.36. The van der Waals surface area contributed by atoms with E-state index in [4.69, 9.17) is 25.9 Å². The number of carboxylic acid groups (broad SMARTS) is 1. The van der Waals surface area contributed by atoms with Crippen LogP contribution in [0.25, 0.3) is 11.0 Å². The van der Waals surface area contributed by atoms with Crippen LogP contribution in [0.2, 0.25) is 5.02 Å². The second-order valence-electron chi connectivity index (χ2n) is 4.16. The lowest BCUT2D eigenvalue weighted by molar-refractivity contribution is -0.141. The second-order valence-corrected chi connectivity index (χ2v) is 4.54. The summed E-state index contributed by atoms with van der Waals surface area (Å²) in [5.41, 5.74) is 1.33. The molecule has 18 heavy (non-hydrogen) atoms. The van der Waals surface area contributed by atoms with Crippen LogP contribution in [0.1, 0.15) is 12.5 Å². The molecule has 4 nitrogen and oxygen atoms in total. The predicted octanol–water partition coefficient (Wildman–Crippen LogP) is 3.36. The number of aliphatic carboxylic acids is 1. The molecule has 1 heterocycles. The summed E-state index contributed by atoms with van der Waals surface area (Å²) in [4.78, 5) is 10.9. The van der Waals surface area contributed by atoms with Gasteiger partial charge in [0.2, 0.25) is 0 Å². The molecule has 1 N–H and O–H groups in total. The van der Waals surface area contributed by atoms with Crippen molar-refractivity contribution in [2.75, 3.05) is 7.11 Å². The van der Waals surface area contributed by atoms with Crippen molar-refractivity contribution in [2.24, 2.45) is 5.92 Å². The van der Waals surface area contributed by atoms with Crippen molar-refractivity contribution in [2.45, 2.75) is 13.3 Å². The zero-order chi connectivity index (χ0) is 13.3. The molecule has 1 atom stereocenters. The van der Waals surface area contributed by atoms with Gasteiger partial charge in [-0.3, -0.25) is 4.79 Å². The molecule has 2 rings (SSSR count). The minimum absolute atomic E-state index is 0.353. The number of halogens is 1. The lowest BCUT2D eigenvalue weighted by Crippen LogP contribution is -2.12. The molecule has 0 aliphatic rings. The Morgan fingerprint density at radius 1 is 1.61 bits per heavy atom. The zero-order valence-electron chi connectivity index (χ0n) is 10.1. The summed E-state index contributed by atoms with van der Waals surface area (Å²) in [6.07, 6.45) is 1.88. The Hall–Kier alpha value is -1.68. The average molecular weight is 269 g/mol. The van der Waals surface area contributed by atoms with Gasteiger partial charge in [0.1, 0.15) is 0 Å². The summed E-state index contributed by atoms with van der Waals surface area (Å²) in [5, 5.41) is 10.2. The van der Waals surface area contributed by atoms with Gasteiger partial charge in [-0.1, -0.05) is 18.5 Å². The lowest BCUT2D eigenvalue weighted by atomic mass is 10.00. The highest BCUT2D eigenvalue weighted by Crippen LogP contribution is 2.36. The van der Waals surface area contributed by atoms with E-state index in [1.807, 2.05) is 0 Å². The molecule has 1 aromatic carbocycles. The molecule has 0 spiro atoms. The number of rotatable bonds is 4. The van der Waals surface area contributed by atoms with Crippen LogP contribution in [0.5, 0.6) is 5.75 Å². The Bertz CT molecular complexity index is 588. The van der Waals surface area contributed by atoms with E-state index in [0.717, 1.165) is 10.9 Å². The van der Waals surface area contributed by atoms with Crippen LogP contribution in [-0.4, -0.2) is 18.2 Å². The molecular formula is C13H13ClO4. The molecule has 0 bridgehead atoms. The van der Waals surface area contributed by atoms with Gasteiger partial charge < -0.3 is 14.3 Å². The quantitative estimate of drug-likeness (QED) is 0.924. The van der Waals surface area contributed by atoms with Crippen molar-refractivity contribution < 1.29 is 19.1 Å². The summed E-state index contributed by atoms with van der Waals surface area (Å²) < 4.78 is 10.5. The van der Waals surface area contributed by atoms with Crippen molar-refractivity contribution in [1.82, 2.24) is 0 Å². The fourth-order valence-corrected chi connectivity index (χ4v) is 2.13. The van der Waals surface area contributed by atoms with Gasteiger partial charge >= 0.3 is 5.97 Å². The Morgan fingerprint density at radius 3 is 2.94 bits per heavy atom. The predicted molar refractivity (Wildman–Crippen MR) is 68.3 cm³/mol. The Morgan fingerprint density at radius 2 is 2.33 bits per heavy atom. The number of hydrogen-bond acceptors (Lipinski definition) is 3. The first kappa shape index (κ1) is 12.8. The Labute approximate surface area is 109 Å². The number of methoxy groups -OCH3 is 1. The number of carbonyl (C=O) groups is 1. The van der Waals surface area contributed by atoms with E-state index in [-0.39, 0.29) is 0 Å². The highest BCUT2D eigenvalue weighted by atomic mass is 35.5. The van der Waals surface area contributed by atoms with Crippen molar-refractivity contribution in [1.29, 1.82) is 0 Å². The normalized spacial score (nSPS) is 12.6. The van der Waals surface area contributed by atoms with Gasteiger partial charge in [0.25, 0.3) is 0 Å². The smallest absolute Gasteiger partial charge is 0.306 e. The third kappa shape index (κ3) is 2.16. The number of hydrogen-bond donors (Lipinski definition) is 1. The Balaban J connectivity index is 2.50. The van der Waals surface area contributed by atoms with Gasteiger partial charge in [-0.15, -0.1) is 0 Å². The molecule has 0 aliphatic heterocycles. The number of fused-ring (bicyclic) bond motifs is 1. The van der Waals surface area contributed by atoms with Crippen molar-refractivity contribution >= 4 is 28.5 Å². The fraction of sp³-hybridized carbons (Fsp3) is 0.308. The number of ether oxygens (including phenoxy) is 1. The van der Waals surface area contributed by atoms with Crippen molar-refractivity contribution in [3.05, 3.63) is 29.0 Å². The van der Waals surface area contributed by atoms with Crippen LogP contribution in [-0.2, 0) is 11.2 Å². The molecule has 1 aromatic heterocycles. The molecule has 0 saturated heterocycles.